The Morgan fingerprint density at radius 3 is 2.88 bits per heavy atom. The van der Waals surface area contributed by atoms with Crippen molar-refractivity contribution >= 4 is 12.1 Å². The molecule has 90 valence electrons. The van der Waals surface area contributed by atoms with E-state index in [1.165, 1.54) is 6.26 Å². The number of nitrogens with one attached hydrogen (secondary N) is 1. The summed E-state index contributed by atoms with van der Waals surface area (Å²) in [7, 11) is 0. The second-order valence-corrected chi connectivity index (χ2v) is 4.31. The summed E-state index contributed by atoms with van der Waals surface area (Å²) in [6.45, 7) is 5.82. The van der Waals surface area contributed by atoms with Crippen molar-refractivity contribution in [2.75, 3.05) is 11.9 Å². The van der Waals surface area contributed by atoms with Gasteiger partial charge in [0.25, 0.3) is 0 Å². The Balaban J connectivity index is 2.50. The normalized spacial score (nSPS) is 11.2. The smallest absolute Gasteiger partial charge is 0.415 e. The van der Waals surface area contributed by atoms with Gasteiger partial charge in [0.15, 0.2) is 0 Å². The van der Waals surface area contributed by atoms with Crippen LogP contribution in [0.5, 0.6) is 0 Å². The molecule has 1 aromatic rings. The van der Waals surface area contributed by atoms with Crippen LogP contribution in [-0.2, 0) is 11.2 Å². The number of oxazole rings is 1. The number of nitrogens with zero attached hydrogens (tertiary/aromatic N) is 1. The Kier molecular flexibility index (Phi) is 3.89. The van der Waals surface area contributed by atoms with Gasteiger partial charge in [-0.3, -0.25) is 0 Å². The zero-order valence-corrected chi connectivity index (χ0v) is 9.74. The van der Waals surface area contributed by atoms with Gasteiger partial charge >= 0.3 is 12.1 Å². The molecule has 6 nitrogen and oxygen atoms in total. The third-order valence-corrected chi connectivity index (χ3v) is 1.56. The fourth-order valence-electron chi connectivity index (χ4n) is 1.02. The molecule has 0 aliphatic carbocycles. The first-order chi connectivity index (χ1) is 7.40. The van der Waals surface area contributed by atoms with E-state index in [2.05, 4.69) is 10.3 Å². The van der Waals surface area contributed by atoms with E-state index < -0.39 is 11.7 Å². The van der Waals surface area contributed by atoms with Crippen LogP contribution in [0.4, 0.5) is 10.8 Å². The molecule has 0 saturated heterocycles. The first-order valence-corrected chi connectivity index (χ1v) is 5.05. The first kappa shape index (κ1) is 12.5. The molecule has 0 radical (unpaired) electrons. The van der Waals surface area contributed by atoms with E-state index in [0.29, 0.717) is 18.7 Å². The molecular formula is C10H17N3O3. The largest absolute Gasteiger partial charge is 0.443 e. The van der Waals surface area contributed by atoms with Gasteiger partial charge in [0.1, 0.15) is 11.9 Å². The van der Waals surface area contributed by atoms with Gasteiger partial charge in [0.05, 0.1) is 5.69 Å². The number of hydrogen-bond acceptors (Lipinski definition) is 5. The van der Waals surface area contributed by atoms with Crippen molar-refractivity contribution in [3.63, 3.8) is 0 Å². The maximum Gasteiger partial charge on any atom is 0.415 e. The average Bonchev–Trinajstić information content (AvgIpc) is 2.49. The lowest BCUT2D eigenvalue weighted by Crippen LogP contribution is -2.27. The molecule has 0 aliphatic rings. The van der Waals surface area contributed by atoms with Crippen LogP contribution in [-0.4, -0.2) is 23.2 Å². The molecule has 0 atom stereocenters. The van der Waals surface area contributed by atoms with Crippen LogP contribution in [0, 0.1) is 0 Å². The van der Waals surface area contributed by atoms with E-state index in [4.69, 9.17) is 14.9 Å². The minimum atomic E-state index is -0.589. The zero-order chi connectivity index (χ0) is 12.2. The number of hydrogen-bond donors (Lipinski definition) is 2. The van der Waals surface area contributed by atoms with Gasteiger partial charge in [-0.15, -0.1) is 0 Å². The Morgan fingerprint density at radius 1 is 1.62 bits per heavy atom. The summed E-state index contributed by atoms with van der Waals surface area (Å²) in [5.41, 5.74) is 5.52. The van der Waals surface area contributed by atoms with Crippen LogP contribution in [0.15, 0.2) is 10.7 Å². The van der Waals surface area contributed by atoms with E-state index in [0.717, 1.165) is 0 Å². The number of carbonyl (C=O) groups excluding carboxylic acids is 1. The van der Waals surface area contributed by atoms with Crippen molar-refractivity contribution in [3.8, 4) is 0 Å². The third kappa shape index (κ3) is 4.31. The van der Waals surface area contributed by atoms with Crippen molar-refractivity contribution < 1.29 is 13.9 Å². The Hall–Kier alpha value is -1.56. The zero-order valence-electron chi connectivity index (χ0n) is 9.74. The van der Waals surface area contributed by atoms with Crippen LogP contribution in [0.1, 0.15) is 26.5 Å². The van der Waals surface area contributed by atoms with Crippen molar-refractivity contribution in [1.82, 2.24) is 4.98 Å². The highest BCUT2D eigenvalue weighted by molar-refractivity contribution is 5.82. The van der Waals surface area contributed by atoms with E-state index in [9.17, 15) is 4.79 Å². The molecule has 0 unspecified atom stereocenters. The summed E-state index contributed by atoms with van der Waals surface area (Å²) in [5.74, 6) is 0. The number of aromatic nitrogens is 1. The molecular weight excluding hydrogens is 210 g/mol. The molecule has 0 saturated carbocycles. The molecule has 6 heteroatoms. The molecule has 16 heavy (non-hydrogen) atoms. The highest BCUT2D eigenvalue weighted by Crippen LogP contribution is 2.11. The van der Waals surface area contributed by atoms with Crippen molar-refractivity contribution in [1.29, 1.82) is 0 Å². The standard InChI is InChI=1S/C10H17N3O3/c1-10(2,3)16-9(14)13-8-12-7(4-5-11)6-15-8/h6H,4-5,11H2,1-3H3,(H,12,13,14). The van der Waals surface area contributed by atoms with Crippen LogP contribution < -0.4 is 11.1 Å². The van der Waals surface area contributed by atoms with E-state index in [-0.39, 0.29) is 6.01 Å². The molecule has 0 bridgehead atoms. The number of nitrogens with two attached hydrogens (primary N) is 1. The van der Waals surface area contributed by atoms with Gasteiger partial charge in [0, 0.05) is 6.42 Å². The van der Waals surface area contributed by atoms with Crippen LogP contribution in [0.3, 0.4) is 0 Å². The minimum Gasteiger partial charge on any atom is -0.443 e. The SMILES string of the molecule is CC(C)(C)OC(=O)Nc1nc(CCN)co1. The van der Waals surface area contributed by atoms with Crippen LogP contribution in [0.25, 0.3) is 0 Å². The lowest BCUT2D eigenvalue weighted by atomic mass is 10.2. The molecule has 0 fully saturated rings. The summed E-state index contributed by atoms with van der Waals surface area (Å²) >= 11 is 0. The van der Waals surface area contributed by atoms with Crippen molar-refractivity contribution in [2.24, 2.45) is 5.73 Å². The fourth-order valence-corrected chi connectivity index (χ4v) is 1.02. The molecule has 1 amide bonds. The van der Waals surface area contributed by atoms with E-state index in [1.54, 1.807) is 20.8 Å². The molecule has 0 aromatic carbocycles. The predicted molar refractivity (Wildman–Crippen MR) is 59.1 cm³/mol. The van der Waals surface area contributed by atoms with Gasteiger partial charge in [-0.1, -0.05) is 0 Å². The van der Waals surface area contributed by atoms with Crippen LogP contribution >= 0.6 is 0 Å². The number of ether oxygens (including phenoxy) is 1. The van der Waals surface area contributed by atoms with Gasteiger partial charge in [-0.2, -0.15) is 4.98 Å². The summed E-state index contributed by atoms with van der Waals surface area (Å²) in [6.07, 6.45) is 1.48. The number of anilines is 1. The average molecular weight is 227 g/mol. The number of carbonyl (C=O) groups is 1. The highest BCUT2D eigenvalue weighted by Gasteiger charge is 2.17. The van der Waals surface area contributed by atoms with Crippen molar-refractivity contribution in [2.45, 2.75) is 32.8 Å². The predicted octanol–water partition coefficient (Wildman–Crippen LogP) is 1.52. The molecule has 1 heterocycles. The quantitative estimate of drug-likeness (QED) is 0.817. The Labute approximate surface area is 94.2 Å². The topological polar surface area (TPSA) is 90.4 Å². The maximum absolute atomic E-state index is 11.3. The first-order valence-electron chi connectivity index (χ1n) is 5.05. The lowest BCUT2D eigenvalue weighted by Gasteiger charge is -2.18. The van der Waals surface area contributed by atoms with Gasteiger partial charge in [0.2, 0.25) is 0 Å². The number of amides is 1. The molecule has 1 aromatic heterocycles. The molecule has 0 aliphatic heterocycles. The van der Waals surface area contributed by atoms with E-state index in [1.807, 2.05) is 0 Å². The molecule has 3 N–H and O–H groups in total. The van der Waals surface area contributed by atoms with E-state index >= 15 is 0 Å². The van der Waals surface area contributed by atoms with Gasteiger partial charge < -0.3 is 14.9 Å². The summed E-state index contributed by atoms with van der Waals surface area (Å²) in [5, 5.41) is 2.40. The third-order valence-electron chi connectivity index (χ3n) is 1.56. The van der Waals surface area contributed by atoms with Crippen molar-refractivity contribution in [3.05, 3.63) is 12.0 Å². The van der Waals surface area contributed by atoms with Gasteiger partial charge in [-0.05, 0) is 27.3 Å². The Bertz CT molecular complexity index is 354. The number of rotatable bonds is 3. The maximum atomic E-state index is 11.3. The minimum absolute atomic E-state index is 0.123. The molecule has 0 spiro atoms. The second kappa shape index (κ2) is 4.98. The van der Waals surface area contributed by atoms with Crippen LogP contribution in [0.2, 0.25) is 0 Å². The summed E-state index contributed by atoms with van der Waals surface area (Å²) < 4.78 is 10.1. The van der Waals surface area contributed by atoms with Gasteiger partial charge in [-0.25, -0.2) is 10.1 Å². The summed E-state index contributed by atoms with van der Waals surface area (Å²) in [6, 6.07) is 0.123. The Morgan fingerprint density at radius 2 is 2.31 bits per heavy atom. The second-order valence-electron chi connectivity index (χ2n) is 4.31. The monoisotopic (exact) mass is 227 g/mol. The lowest BCUT2D eigenvalue weighted by molar-refractivity contribution is 0.0632. The summed E-state index contributed by atoms with van der Waals surface area (Å²) in [4.78, 5) is 15.3. The fraction of sp³-hybridized carbons (Fsp3) is 0.600. The molecule has 1 rings (SSSR count). The highest BCUT2D eigenvalue weighted by atomic mass is 16.6.